The third-order valence-corrected chi connectivity index (χ3v) is 5.74. The zero-order valence-electron chi connectivity index (χ0n) is 17.4. The van der Waals surface area contributed by atoms with Crippen LogP contribution in [-0.2, 0) is 19.3 Å². The molecule has 1 N–H and O–H groups in total. The summed E-state index contributed by atoms with van der Waals surface area (Å²) in [6.07, 6.45) is 3.49. The van der Waals surface area contributed by atoms with Crippen LogP contribution >= 0.6 is 0 Å². The second-order valence-corrected chi connectivity index (χ2v) is 9.42. The van der Waals surface area contributed by atoms with E-state index in [1.165, 1.54) is 36.4 Å². The highest BCUT2D eigenvalue weighted by Gasteiger charge is 2.17. The van der Waals surface area contributed by atoms with Crippen molar-refractivity contribution in [3.8, 4) is 17.2 Å². The summed E-state index contributed by atoms with van der Waals surface area (Å²) < 4.78 is 46.0. The Morgan fingerprint density at radius 3 is 2.45 bits per heavy atom. The van der Waals surface area contributed by atoms with Gasteiger partial charge in [0.2, 0.25) is 0 Å². The van der Waals surface area contributed by atoms with Crippen molar-refractivity contribution >= 4 is 15.8 Å². The minimum Gasteiger partial charge on any atom is -0.488 e. The van der Waals surface area contributed by atoms with Gasteiger partial charge in [0.15, 0.2) is 16.1 Å². The average molecular weight is 451 g/mol. The van der Waals surface area contributed by atoms with Crippen molar-refractivity contribution in [1.29, 1.82) is 0 Å². The summed E-state index contributed by atoms with van der Waals surface area (Å²) in [5, 5.41) is 9.41. The fourth-order valence-corrected chi connectivity index (χ4v) is 3.70. The van der Waals surface area contributed by atoms with Crippen molar-refractivity contribution in [3.05, 3.63) is 48.0 Å². The van der Waals surface area contributed by atoms with Crippen LogP contribution < -0.4 is 9.47 Å². The van der Waals surface area contributed by atoms with Crippen LogP contribution in [0.5, 0.6) is 17.2 Å². The van der Waals surface area contributed by atoms with Crippen LogP contribution in [0.25, 0.3) is 0 Å². The molecule has 1 aliphatic heterocycles. The van der Waals surface area contributed by atoms with Crippen LogP contribution in [0.15, 0.2) is 47.4 Å². The Morgan fingerprint density at radius 1 is 1.13 bits per heavy atom. The normalized spacial score (nSPS) is 17.7. The van der Waals surface area contributed by atoms with Crippen LogP contribution in [0.1, 0.15) is 36.5 Å². The Bertz CT molecular complexity index is 995. The summed E-state index contributed by atoms with van der Waals surface area (Å²) in [6.45, 7) is 2.80. The number of carbonyl (C=O) groups is 1. The van der Waals surface area contributed by atoms with Gasteiger partial charge in [-0.05, 0) is 62.6 Å². The van der Waals surface area contributed by atoms with Crippen molar-refractivity contribution in [2.45, 2.75) is 43.5 Å². The molecular formula is C22H26O8S. The Kier molecular flexibility index (Phi) is 7.53. The molecule has 0 amide bonds. The topological polar surface area (TPSA) is 108 Å². The quantitative estimate of drug-likeness (QED) is 0.613. The van der Waals surface area contributed by atoms with Crippen molar-refractivity contribution in [2.24, 2.45) is 0 Å². The lowest BCUT2D eigenvalue weighted by Crippen LogP contribution is -2.28. The SMILES string of the molecule is C[C@@H](COC1CCCCO1)Oc1cc(Oc2ccc(S(C)(=O)=O)cc2)cc(C(=O)O)c1. The fraction of sp³-hybridized carbons (Fsp3) is 0.409. The van der Waals surface area contributed by atoms with Crippen LogP contribution in [0, 0.1) is 0 Å². The number of carboxylic acid groups (broad SMARTS) is 1. The monoisotopic (exact) mass is 450 g/mol. The van der Waals surface area contributed by atoms with E-state index in [1.807, 2.05) is 6.92 Å². The number of aromatic carboxylic acids is 1. The zero-order chi connectivity index (χ0) is 22.4. The van der Waals surface area contributed by atoms with Crippen molar-refractivity contribution in [2.75, 3.05) is 19.5 Å². The van der Waals surface area contributed by atoms with E-state index in [4.69, 9.17) is 18.9 Å². The molecule has 1 saturated heterocycles. The molecule has 9 heteroatoms. The molecule has 0 aliphatic carbocycles. The predicted octanol–water partition coefficient (Wildman–Crippen LogP) is 3.89. The smallest absolute Gasteiger partial charge is 0.335 e. The van der Waals surface area contributed by atoms with Gasteiger partial charge in [0.1, 0.15) is 23.4 Å². The maximum absolute atomic E-state index is 11.6. The Morgan fingerprint density at radius 2 is 1.84 bits per heavy atom. The summed E-state index contributed by atoms with van der Waals surface area (Å²) in [5.41, 5.74) is 0.00369. The number of hydrogen-bond donors (Lipinski definition) is 1. The van der Waals surface area contributed by atoms with E-state index in [9.17, 15) is 18.3 Å². The summed E-state index contributed by atoms with van der Waals surface area (Å²) in [7, 11) is -3.32. The van der Waals surface area contributed by atoms with Crippen molar-refractivity contribution in [1.82, 2.24) is 0 Å². The van der Waals surface area contributed by atoms with E-state index >= 15 is 0 Å². The van der Waals surface area contributed by atoms with Crippen LogP contribution in [0.3, 0.4) is 0 Å². The summed E-state index contributed by atoms with van der Waals surface area (Å²) in [4.78, 5) is 11.7. The number of carboxylic acids is 1. The molecule has 3 rings (SSSR count). The highest BCUT2D eigenvalue weighted by atomic mass is 32.2. The van der Waals surface area contributed by atoms with Gasteiger partial charge < -0.3 is 24.1 Å². The molecule has 1 unspecified atom stereocenters. The lowest BCUT2D eigenvalue weighted by atomic mass is 10.2. The standard InChI is InChI=1S/C22H26O8S/c1-15(14-28-21-5-3-4-10-27-21)29-18-11-16(22(23)24)12-19(13-18)30-17-6-8-20(9-7-17)31(2,25)26/h6-9,11-13,15,21H,3-5,10,14H2,1-2H3,(H,23,24)/t15-,21?/m0/s1. The lowest BCUT2D eigenvalue weighted by Gasteiger charge is -2.24. The van der Waals surface area contributed by atoms with Gasteiger partial charge in [-0.25, -0.2) is 13.2 Å². The van der Waals surface area contributed by atoms with E-state index in [0.29, 0.717) is 24.7 Å². The number of hydrogen-bond acceptors (Lipinski definition) is 7. The van der Waals surface area contributed by atoms with E-state index in [1.54, 1.807) is 6.07 Å². The molecule has 1 fully saturated rings. The molecule has 0 spiro atoms. The third-order valence-electron chi connectivity index (χ3n) is 4.61. The zero-order valence-corrected chi connectivity index (χ0v) is 18.3. The van der Waals surface area contributed by atoms with E-state index in [0.717, 1.165) is 25.5 Å². The van der Waals surface area contributed by atoms with Gasteiger partial charge in [-0.2, -0.15) is 0 Å². The van der Waals surface area contributed by atoms with Gasteiger partial charge in [0.05, 0.1) is 17.1 Å². The molecule has 8 nitrogen and oxygen atoms in total. The molecule has 2 atom stereocenters. The average Bonchev–Trinajstić information content (AvgIpc) is 2.72. The molecule has 0 saturated carbocycles. The molecule has 0 bridgehead atoms. The molecule has 2 aromatic rings. The van der Waals surface area contributed by atoms with E-state index in [-0.39, 0.29) is 28.6 Å². The van der Waals surface area contributed by atoms with Gasteiger partial charge in [0.25, 0.3) is 0 Å². The fourth-order valence-electron chi connectivity index (χ4n) is 3.06. The lowest BCUT2D eigenvalue weighted by molar-refractivity contribution is -0.171. The summed E-state index contributed by atoms with van der Waals surface area (Å²) in [5.74, 6) is -0.178. The van der Waals surface area contributed by atoms with Crippen molar-refractivity contribution in [3.63, 3.8) is 0 Å². The summed E-state index contributed by atoms with van der Waals surface area (Å²) >= 11 is 0. The minimum absolute atomic E-state index is 0.00369. The van der Waals surface area contributed by atoms with Crippen molar-refractivity contribution < 1.29 is 37.3 Å². The van der Waals surface area contributed by atoms with Gasteiger partial charge in [-0.15, -0.1) is 0 Å². The molecule has 31 heavy (non-hydrogen) atoms. The number of benzene rings is 2. The molecule has 2 aromatic carbocycles. The number of sulfone groups is 1. The highest BCUT2D eigenvalue weighted by molar-refractivity contribution is 7.90. The van der Waals surface area contributed by atoms with Crippen LogP contribution in [0.4, 0.5) is 0 Å². The number of rotatable bonds is 9. The molecule has 1 heterocycles. The van der Waals surface area contributed by atoms with Crippen LogP contribution in [0.2, 0.25) is 0 Å². The van der Waals surface area contributed by atoms with E-state index < -0.39 is 15.8 Å². The third kappa shape index (κ3) is 6.95. The Balaban J connectivity index is 1.69. The molecule has 1 aliphatic rings. The Hall–Kier alpha value is -2.62. The second-order valence-electron chi connectivity index (χ2n) is 7.40. The summed E-state index contributed by atoms with van der Waals surface area (Å²) in [6, 6.07) is 10.2. The molecule has 0 aromatic heterocycles. The number of ether oxygens (including phenoxy) is 4. The molecule has 0 radical (unpaired) electrons. The van der Waals surface area contributed by atoms with Gasteiger partial charge in [-0.3, -0.25) is 0 Å². The molecular weight excluding hydrogens is 424 g/mol. The maximum Gasteiger partial charge on any atom is 0.335 e. The highest BCUT2D eigenvalue weighted by Crippen LogP contribution is 2.29. The Labute approximate surface area is 181 Å². The largest absolute Gasteiger partial charge is 0.488 e. The van der Waals surface area contributed by atoms with Gasteiger partial charge in [-0.1, -0.05) is 0 Å². The molecule has 168 valence electrons. The first-order chi connectivity index (χ1) is 14.7. The predicted molar refractivity (Wildman–Crippen MR) is 113 cm³/mol. The van der Waals surface area contributed by atoms with Crippen LogP contribution in [-0.4, -0.2) is 51.4 Å². The first-order valence-electron chi connectivity index (χ1n) is 9.97. The van der Waals surface area contributed by atoms with Gasteiger partial charge >= 0.3 is 5.97 Å². The second kappa shape index (κ2) is 10.1. The van der Waals surface area contributed by atoms with Gasteiger partial charge in [0, 0.05) is 18.9 Å². The first kappa shape index (κ1) is 23.1. The van der Waals surface area contributed by atoms with E-state index in [2.05, 4.69) is 0 Å². The first-order valence-corrected chi connectivity index (χ1v) is 11.9. The maximum atomic E-state index is 11.6. The minimum atomic E-state index is -3.32.